The van der Waals surface area contributed by atoms with Crippen molar-refractivity contribution in [2.24, 2.45) is 0 Å². The Bertz CT molecular complexity index is 1110. The van der Waals surface area contributed by atoms with Gasteiger partial charge < -0.3 is 19.9 Å². The molecule has 1 N–H and O–H groups in total. The van der Waals surface area contributed by atoms with Crippen LogP contribution in [0.4, 0.5) is 16.3 Å². The number of rotatable bonds is 4. The van der Waals surface area contributed by atoms with E-state index in [9.17, 15) is 4.79 Å². The molecule has 8 heteroatoms. The highest BCUT2D eigenvalue weighted by molar-refractivity contribution is 5.89. The Balaban J connectivity index is 1.43. The number of pyridine rings is 1. The van der Waals surface area contributed by atoms with Crippen LogP contribution >= 0.6 is 0 Å². The Morgan fingerprint density at radius 2 is 1.94 bits per heavy atom. The number of fused-ring (bicyclic) bond motifs is 1. The number of urea groups is 1. The van der Waals surface area contributed by atoms with Gasteiger partial charge in [0.05, 0.1) is 19.3 Å². The van der Waals surface area contributed by atoms with E-state index in [1.165, 1.54) is 0 Å². The molecule has 1 aromatic carbocycles. The van der Waals surface area contributed by atoms with E-state index in [2.05, 4.69) is 15.2 Å². The van der Waals surface area contributed by atoms with E-state index in [4.69, 9.17) is 14.7 Å². The van der Waals surface area contributed by atoms with Gasteiger partial charge in [0.2, 0.25) is 0 Å². The summed E-state index contributed by atoms with van der Waals surface area (Å²) in [6.07, 6.45) is 4.75. The summed E-state index contributed by atoms with van der Waals surface area (Å²) in [5.74, 6) is 2.30. The number of carbonyl (C=O) groups is 1. The number of hydrogen-bond donors (Lipinski definition) is 1. The topological polar surface area (TPSA) is 83.5 Å². The Morgan fingerprint density at radius 1 is 1.06 bits per heavy atom. The van der Waals surface area contributed by atoms with Crippen molar-refractivity contribution in [3.63, 3.8) is 0 Å². The van der Waals surface area contributed by atoms with Crippen molar-refractivity contribution in [2.75, 3.05) is 37.0 Å². The number of amides is 2. The van der Waals surface area contributed by atoms with Gasteiger partial charge >= 0.3 is 6.03 Å². The maximum Gasteiger partial charge on any atom is 0.322 e. The number of anilines is 2. The molecule has 2 aliphatic heterocycles. The Labute approximate surface area is 187 Å². The molecule has 3 aromatic rings. The normalized spacial score (nSPS) is 15.4. The summed E-state index contributed by atoms with van der Waals surface area (Å²) in [6, 6.07) is 13.0. The highest BCUT2D eigenvalue weighted by Gasteiger charge is 2.29. The molecule has 164 valence electrons. The van der Waals surface area contributed by atoms with Crippen molar-refractivity contribution < 1.29 is 9.53 Å². The number of nitrogens with one attached hydrogen (secondary N) is 1. The van der Waals surface area contributed by atoms with Gasteiger partial charge in [0.25, 0.3) is 0 Å². The van der Waals surface area contributed by atoms with E-state index in [1.807, 2.05) is 47.4 Å². The zero-order chi connectivity index (χ0) is 21.9. The summed E-state index contributed by atoms with van der Waals surface area (Å²) >= 11 is 0. The van der Waals surface area contributed by atoms with E-state index in [-0.39, 0.29) is 6.03 Å². The van der Waals surface area contributed by atoms with E-state index < -0.39 is 0 Å². The Morgan fingerprint density at radius 3 is 2.72 bits per heavy atom. The fourth-order valence-corrected chi connectivity index (χ4v) is 4.27. The predicted molar refractivity (Wildman–Crippen MR) is 123 cm³/mol. The minimum Gasteiger partial charge on any atom is -0.497 e. The second-order valence-corrected chi connectivity index (χ2v) is 8.04. The van der Waals surface area contributed by atoms with Gasteiger partial charge in [-0.15, -0.1) is 0 Å². The third-order valence-corrected chi connectivity index (χ3v) is 5.95. The molecule has 2 amide bonds. The van der Waals surface area contributed by atoms with Crippen molar-refractivity contribution in [1.29, 1.82) is 0 Å². The van der Waals surface area contributed by atoms with Crippen LogP contribution in [0.25, 0.3) is 11.5 Å². The van der Waals surface area contributed by atoms with E-state index in [0.29, 0.717) is 36.8 Å². The van der Waals surface area contributed by atoms with Crippen molar-refractivity contribution in [3.8, 4) is 17.3 Å². The number of carbonyl (C=O) groups excluding carboxylic acids is 1. The SMILES string of the molecule is COc1cccc(NC(=O)N2CCc3nc(-c4ccccn4)nc(N4CCCC4)c3C2)c1. The number of benzene rings is 1. The van der Waals surface area contributed by atoms with Gasteiger partial charge in [-0.1, -0.05) is 12.1 Å². The minimum absolute atomic E-state index is 0.134. The minimum atomic E-state index is -0.134. The van der Waals surface area contributed by atoms with Crippen molar-refractivity contribution in [1.82, 2.24) is 19.9 Å². The van der Waals surface area contributed by atoms with Crippen LogP contribution in [-0.2, 0) is 13.0 Å². The molecule has 0 spiro atoms. The molecule has 8 nitrogen and oxygen atoms in total. The monoisotopic (exact) mass is 430 g/mol. The largest absolute Gasteiger partial charge is 0.497 e. The molecule has 0 saturated carbocycles. The second kappa shape index (κ2) is 8.82. The Kier molecular flexibility index (Phi) is 5.58. The van der Waals surface area contributed by atoms with Gasteiger partial charge in [-0.2, -0.15) is 0 Å². The molecule has 1 fully saturated rings. The highest BCUT2D eigenvalue weighted by atomic mass is 16.5. The lowest BCUT2D eigenvalue weighted by atomic mass is 10.1. The first-order valence-corrected chi connectivity index (χ1v) is 11.0. The first kappa shape index (κ1) is 20.2. The summed E-state index contributed by atoms with van der Waals surface area (Å²) in [5, 5.41) is 2.99. The van der Waals surface area contributed by atoms with Gasteiger partial charge in [0.15, 0.2) is 5.82 Å². The average Bonchev–Trinajstić information content (AvgIpc) is 3.38. The van der Waals surface area contributed by atoms with Crippen molar-refractivity contribution in [2.45, 2.75) is 25.8 Å². The number of aromatic nitrogens is 3. The summed E-state index contributed by atoms with van der Waals surface area (Å²) in [4.78, 5) is 31.3. The standard InChI is InChI=1S/C24H26N6O2/c1-32-18-8-6-7-17(15-18)26-24(31)30-14-10-20-19(16-30)23(29-12-4-5-13-29)28-22(27-20)21-9-2-3-11-25-21/h2-3,6-9,11,15H,4-5,10,12-14,16H2,1H3,(H,26,31). The van der Waals surface area contributed by atoms with Crippen LogP contribution in [0, 0.1) is 0 Å². The fraction of sp³-hybridized carbons (Fsp3) is 0.333. The molecule has 5 rings (SSSR count). The zero-order valence-corrected chi connectivity index (χ0v) is 18.1. The van der Waals surface area contributed by atoms with Crippen LogP contribution in [-0.4, -0.2) is 52.6 Å². The summed E-state index contributed by atoms with van der Waals surface area (Å²) in [7, 11) is 1.61. The molecular formula is C24H26N6O2. The van der Waals surface area contributed by atoms with Gasteiger partial charge in [-0.25, -0.2) is 14.8 Å². The molecule has 0 bridgehead atoms. The molecule has 2 aromatic heterocycles. The predicted octanol–water partition coefficient (Wildman–Crippen LogP) is 3.74. The lowest BCUT2D eigenvalue weighted by Gasteiger charge is -2.31. The molecule has 2 aliphatic rings. The maximum absolute atomic E-state index is 13.0. The first-order chi connectivity index (χ1) is 15.7. The van der Waals surface area contributed by atoms with Gasteiger partial charge in [-0.3, -0.25) is 4.98 Å². The maximum atomic E-state index is 13.0. The molecule has 0 aliphatic carbocycles. The lowest BCUT2D eigenvalue weighted by molar-refractivity contribution is 0.206. The molecule has 0 unspecified atom stereocenters. The van der Waals surface area contributed by atoms with Gasteiger partial charge in [-0.05, 0) is 37.1 Å². The number of nitrogens with zero attached hydrogens (tertiary/aromatic N) is 5. The number of methoxy groups -OCH3 is 1. The first-order valence-electron chi connectivity index (χ1n) is 11.0. The van der Waals surface area contributed by atoms with Crippen molar-refractivity contribution >= 4 is 17.5 Å². The third kappa shape index (κ3) is 4.08. The summed E-state index contributed by atoms with van der Waals surface area (Å²) in [5.41, 5.74) is 3.53. The van der Waals surface area contributed by atoms with Crippen LogP contribution in [0.1, 0.15) is 24.1 Å². The summed E-state index contributed by atoms with van der Waals surface area (Å²) < 4.78 is 5.26. The van der Waals surface area contributed by atoms with Gasteiger partial charge in [0, 0.05) is 49.6 Å². The third-order valence-electron chi connectivity index (χ3n) is 5.95. The number of hydrogen-bond acceptors (Lipinski definition) is 6. The fourth-order valence-electron chi connectivity index (χ4n) is 4.27. The van der Waals surface area contributed by atoms with E-state index in [1.54, 1.807) is 13.3 Å². The lowest BCUT2D eigenvalue weighted by Crippen LogP contribution is -2.40. The van der Waals surface area contributed by atoms with E-state index in [0.717, 1.165) is 48.7 Å². The van der Waals surface area contributed by atoms with Crippen LogP contribution in [0.3, 0.4) is 0 Å². The number of ether oxygens (including phenoxy) is 1. The molecule has 1 saturated heterocycles. The van der Waals surface area contributed by atoms with Crippen LogP contribution in [0.5, 0.6) is 5.75 Å². The zero-order valence-electron chi connectivity index (χ0n) is 18.1. The quantitative estimate of drug-likeness (QED) is 0.679. The second-order valence-electron chi connectivity index (χ2n) is 8.04. The van der Waals surface area contributed by atoms with Crippen LogP contribution in [0.2, 0.25) is 0 Å². The highest BCUT2D eigenvalue weighted by Crippen LogP contribution is 2.31. The molecule has 0 radical (unpaired) electrons. The van der Waals surface area contributed by atoms with Gasteiger partial charge in [0.1, 0.15) is 17.3 Å². The molecule has 0 atom stereocenters. The van der Waals surface area contributed by atoms with E-state index >= 15 is 0 Å². The van der Waals surface area contributed by atoms with Crippen LogP contribution < -0.4 is 15.0 Å². The van der Waals surface area contributed by atoms with Crippen LogP contribution in [0.15, 0.2) is 48.7 Å². The Hall–Kier alpha value is -3.68. The molecule has 32 heavy (non-hydrogen) atoms. The molecular weight excluding hydrogens is 404 g/mol. The molecule has 4 heterocycles. The summed E-state index contributed by atoms with van der Waals surface area (Å²) in [6.45, 7) is 3.03. The van der Waals surface area contributed by atoms with Crippen molar-refractivity contribution in [3.05, 3.63) is 59.9 Å². The smallest absolute Gasteiger partial charge is 0.322 e. The average molecular weight is 431 g/mol.